The highest BCUT2D eigenvalue weighted by molar-refractivity contribution is 7.90. The number of pyridine rings is 1. The van der Waals surface area contributed by atoms with Gasteiger partial charge in [-0.05, 0) is 84.3 Å². The van der Waals surface area contributed by atoms with Crippen molar-refractivity contribution < 1.29 is 31.8 Å². The molecule has 4 aromatic carbocycles. The largest absolute Gasteiger partial charge is 0.497 e. The Bertz CT molecular complexity index is 2080. The molecule has 1 fully saturated rings. The van der Waals surface area contributed by atoms with Gasteiger partial charge in [0.2, 0.25) is 0 Å². The summed E-state index contributed by atoms with van der Waals surface area (Å²) in [6, 6.07) is 26.4. The Morgan fingerprint density at radius 3 is 2.51 bits per heavy atom. The Labute approximate surface area is 276 Å². The number of hydrogen-bond donors (Lipinski definition) is 1. The highest BCUT2D eigenvalue weighted by Crippen LogP contribution is 2.37. The SMILES string of the molecule is COc1ccc(CCC2(c3cccc(/C=C/c4ccc5ccc(Cl)cc5n4)c3)OCCO2)c(C(=O)NS(=O)(=O)c2ccc(F)cc2)c1. The summed E-state index contributed by atoms with van der Waals surface area (Å²) in [6.45, 7) is 0.769. The van der Waals surface area contributed by atoms with Crippen molar-refractivity contribution in [2.24, 2.45) is 0 Å². The Hall–Kier alpha value is -4.61. The standard InChI is InChI=1S/C36H30ClFN2O6S/c1-44-31-14-8-25(33(23-31)35(41)40-47(42,43)32-15-10-29(38)11-16-32)17-18-36(45-19-20-46-36)27-4-2-3-24(21-27)5-12-30-13-7-26-6-9-28(37)22-34(26)39-30/h2-16,21-23H,17-20H2,1H3,(H,40,41)/b12-5+. The summed E-state index contributed by atoms with van der Waals surface area (Å²) in [5, 5.41) is 1.62. The fourth-order valence-corrected chi connectivity index (χ4v) is 6.56. The monoisotopic (exact) mass is 672 g/mol. The number of benzene rings is 4. The number of rotatable bonds is 10. The molecule has 0 radical (unpaired) electrons. The fraction of sp³-hybridized carbons (Fsp3) is 0.167. The third-order valence-corrected chi connectivity index (χ3v) is 9.42. The molecule has 0 bridgehead atoms. The summed E-state index contributed by atoms with van der Waals surface area (Å²) in [5.74, 6) is -2.15. The van der Waals surface area contributed by atoms with Crippen LogP contribution >= 0.6 is 11.6 Å². The van der Waals surface area contributed by atoms with Crippen LogP contribution in [-0.2, 0) is 31.7 Å². The van der Waals surface area contributed by atoms with Crippen LogP contribution in [0.1, 0.15) is 39.2 Å². The molecule has 5 aromatic rings. The first-order valence-electron chi connectivity index (χ1n) is 14.8. The molecule has 11 heteroatoms. The molecule has 1 aliphatic heterocycles. The van der Waals surface area contributed by atoms with Gasteiger partial charge in [0.1, 0.15) is 11.6 Å². The lowest BCUT2D eigenvalue weighted by atomic mass is 9.94. The average molecular weight is 673 g/mol. The molecule has 1 amide bonds. The first-order valence-corrected chi connectivity index (χ1v) is 16.6. The Morgan fingerprint density at radius 2 is 1.74 bits per heavy atom. The molecule has 2 heterocycles. The maximum atomic E-state index is 13.4. The van der Waals surface area contributed by atoms with Gasteiger partial charge in [-0.1, -0.05) is 54.1 Å². The molecular formula is C36H30ClFN2O6S. The molecule has 1 saturated heterocycles. The predicted octanol–water partition coefficient (Wildman–Crippen LogP) is 7.16. The van der Waals surface area contributed by atoms with Crippen molar-refractivity contribution >= 4 is 50.6 Å². The number of nitrogens with zero attached hydrogens (tertiary/aromatic N) is 1. The summed E-state index contributed by atoms with van der Waals surface area (Å²) >= 11 is 6.15. The minimum absolute atomic E-state index is 0.115. The number of aryl methyl sites for hydroxylation is 1. The van der Waals surface area contributed by atoms with Crippen molar-refractivity contribution in [1.29, 1.82) is 0 Å². The number of ether oxygens (including phenoxy) is 3. The van der Waals surface area contributed by atoms with E-state index in [0.717, 1.165) is 52.0 Å². The lowest BCUT2D eigenvalue weighted by Crippen LogP contribution is -2.32. The third kappa shape index (κ3) is 7.36. The smallest absolute Gasteiger partial charge is 0.265 e. The van der Waals surface area contributed by atoms with E-state index in [1.165, 1.54) is 13.2 Å². The molecule has 1 N–H and O–H groups in total. The maximum Gasteiger partial charge on any atom is 0.265 e. The second-order valence-electron chi connectivity index (χ2n) is 10.9. The summed E-state index contributed by atoms with van der Waals surface area (Å²) < 4.78 is 59.0. The van der Waals surface area contributed by atoms with E-state index in [9.17, 15) is 17.6 Å². The minimum Gasteiger partial charge on any atom is -0.497 e. The zero-order chi connectivity index (χ0) is 33.0. The van der Waals surface area contributed by atoms with E-state index in [4.69, 9.17) is 30.8 Å². The first-order chi connectivity index (χ1) is 22.6. The minimum atomic E-state index is -4.26. The second-order valence-corrected chi connectivity index (χ2v) is 13.0. The topological polar surface area (TPSA) is 104 Å². The summed E-state index contributed by atoms with van der Waals surface area (Å²) in [4.78, 5) is 17.8. The van der Waals surface area contributed by atoms with Gasteiger partial charge < -0.3 is 14.2 Å². The van der Waals surface area contributed by atoms with Gasteiger partial charge in [-0.3, -0.25) is 4.79 Å². The molecule has 1 aromatic heterocycles. The van der Waals surface area contributed by atoms with Gasteiger partial charge in [0.25, 0.3) is 15.9 Å². The fourth-order valence-electron chi connectivity index (χ4n) is 5.43. The number of halogens is 2. The first kappa shape index (κ1) is 32.3. The Morgan fingerprint density at radius 1 is 0.979 bits per heavy atom. The predicted molar refractivity (Wildman–Crippen MR) is 178 cm³/mol. The molecule has 0 saturated carbocycles. The van der Waals surface area contributed by atoms with Crippen molar-refractivity contribution in [3.63, 3.8) is 0 Å². The number of nitrogens with one attached hydrogen (secondary N) is 1. The number of carbonyl (C=O) groups excluding carboxylic acids is 1. The zero-order valence-corrected chi connectivity index (χ0v) is 26.9. The van der Waals surface area contributed by atoms with Crippen LogP contribution < -0.4 is 9.46 Å². The van der Waals surface area contributed by atoms with Crippen LogP contribution in [0.4, 0.5) is 4.39 Å². The van der Waals surface area contributed by atoms with Gasteiger partial charge >= 0.3 is 0 Å². The molecule has 6 rings (SSSR count). The highest BCUT2D eigenvalue weighted by atomic mass is 35.5. The average Bonchev–Trinajstić information content (AvgIpc) is 3.56. The molecule has 8 nitrogen and oxygen atoms in total. The van der Waals surface area contributed by atoms with E-state index in [1.54, 1.807) is 12.1 Å². The van der Waals surface area contributed by atoms with Gasteiger partial charge in [-0.15, -0.1) is 0 Å². The van der Waals surface area contributed by atoms with Crippen molar-refractivity contribution in [2.75, 3.05) is 20.3 Å². The van der Waals surface area contributed by atoms with Crippen LogP contribution in [0.3, 0.4) is 0 Å². The van der Waals surface area contributed by atoms with E-state index < -0.39 is 27.5 Å². The van der Waals surface area contributed by atoms with Crippen LogP contribution in [0.5, 0.6) is 5.75 Å². The second kappa shape index (κ2) is 13.6. The number of amides is 1. The van der Waals surface area contributed by atoms with Crippen molar-refractivity contribution in [3.8, 4) is 5.75 Å². The molecule has 0 aliphatic carbocycles. The highest BCUT2D eigenvalue weighted by Gasteiger charge is 2.38. The normalized spacial score (nSPS) is 14.4. The number of fused-ring (bicyclic) bond motifs is 1. The summed E-state index contributed by atoms with van der Waals surface area (Å²) in [6.07, 6.45) is 4.53. The van der Waals surface area contributed by atoms with Crippen molar-refractivity contribution in [1.82, 2.24) is 9.71 Å². The Kier molecular flexibility index (Phi) is 9.38. The molecule has 0 spiro atoms. The van der Waals surface area contributed by atoms with E-state index >= 15 is 0 Å². The molecule has 1 aliphatic rings. The van der Waals surface area contributed by atoms with E-state index in [2.05, 4.69) is 4.72 Å². The van der Waals surface area contributed by atoms with Crippen LogP contribution in [-0.4, -0.2) is 39.6 Å². The molecule has 240 valence electrons. The van der Waals surface area contributed by atoms with E-state index in [1.807, 2.05) is 66.7 Å². The van der Waals surface area contributed by atoms with Crippen LogP contribution in [0.15, 0.2) is 102 Å². The van der Waals surface area contributed by atoms with E-state index in [0.29, 0.717) is 42.4 Å². The number of hydrogen-bond acceptors (Lipinski definition) is 7. The van der Waals surface area contributed by atoms with Crippen LogP contribution in [0.25, 0.3) is 23.1 Å². The third-order valence-electron chi connectivity index (χ3n) is 7.84. The van der Waals surface area contributed by atoms with Crippen LogP contribution in [0.2, 0.25) is 5.02 Å². The van der Waals surface area contributed by atoms with Crippen molar-refractivity contribution in [2.45, 2.75) is 23.5 Å². The molecule has 0 unspecified atom stereocenters. The van der Waals surface area contributed by atoms with Gasteiger partial charge in [0, 0.05) is 28.0 Å². The maximum absolute atomic E-state index is 13.4. The molecule has 47 heavy (non-hydrogen) atoms. The summed E-state index contributed by atoms with van der Waals surface area (Å²) in [5.41, 5.74) is 3.97. The van der Waals surface area contributed by atoms with Gasteiger partial charge in [-0.2, -0.15) is 0 Å². The Balaban J connectivity index is 1.23. The number of aromatic nitrogens is 1. The number of carbonyl (C=O) groups is 1. The molecule has 0 atom stereocenters. The molecular weight excluding hydrogens is 643 g/mol. The van der Waals surface area contributed by atoms with Gasteiger partial charge in [-0.25, -0.2) is 22.5 Å². The number of sulfonamides is 1. The van der Waals surface area contributed by atoms with Gasteiger partial charge in [0.05, 0.1) is 36.4 Å². The van der Waals surface area contributed by atoms with Gasteiger partial charge in [0.15, 0.2) is 5.79 Å². The lowest BCUT2D eigenvalue weighted by molar-refractivity contribution is -0.170. The van der Waals surface area contributed by atoms with E-state index in [-0.39, 0.29) is 10.5 Å². The quantitative estimate of drug-likeness (QED) is 0.168. The number of methoxy groups -OCH3 is 1. The van der Waals surface area contributed by atoms with Crippen LogP contribution in [0, 0.1) is 5.82 Å². The zero-order valence-electron chi connectivity index (χ0n) is 25.3. The lowest BCUT2D eigenvalue weighted by Gasteiger charge is -2.28. The summed E-state index contributed by atoms with van der Waals surface area (Å²) in [7, 11) is -2.81. The van der Waals surface area contributed by atoms with Crippen molar-refractivity contribution in [3.05, 3.63) is 136 Å².